The Morgan fingerprint density at radius 3 is 2.59 bits per heavy atom. The number of carbonyl (C=O) groups excluding carboxylic acids is 2. The smallest absolute Gasteiger partial charge is 0.257 e. The molecule has 1 aliphatic heterocycles. The molecule has 6 nitrogen and oxygen atoms in total. The first-order valence-electron chi connectivity index (χ1n) is 11.0. The molecule has 1 atom stereocenters. The summed E-state index contributed by atoms with van der Waals surface area (Å²) in [5, 5.41) is 3.08. The predicted molar refractivity (Wildman–Crippen MR) is 137 cm³/mol. The van der Waals surface area contributed by atoms with Crippen LogP contribution in [0.4, 0.5) is 11.4 Å². The highest BCUT2D eigenvalue weighted by Crippen LogP contribution is 2.42. The number of hydrogen-bond acceptors (Lipinski definition) is 5. The second-order valence-corrected chi connectivity index (χ2v) is 9.41. The lowest BCUT2D eigenvalue weighted by Gasteiger charge is -2.12. The van der Waals surface area contributed by atoms with Crippen LogP contribution in [0.5, 0.6) is 0 Å². The first-order chi connectivity index (χ1) is 16.5. The second-order valence-electron chi connectivity index (χ2n) is 8.34. The van der Waals surface area contributed by atoms with E-state index in [9.17, 15) is 9.59 Å². The van der Waals surface area contributed by atoms with Crippen LogP contribution in [0.25, 0.3) is 0 Å². The number of nitrogens with zero attached hydrogens (tertiary/aromatic N) is 3. The van der Waals surface area contributed by atoms with Crippen molar-refractivity contribution in [3.8, 4) is 0 Å². The van der Waals surface area contributed by atoms with Crippen LogP contribution in [0, 0.1) is 0 Å². The van der Waals surface area contributed by atoms with Crippen LogP contribution in [0.15, 0.2) is 85.3 Å². The van der Waals surface area contributed by atoms with Crippen molar-refractivity contribution >= 4 is 34.8 Å². The number of nitrogens with one attached hydrogen (secondary N) is 1. The fourth-order valence-electron chi connectivity index (χ4n) is 4.09. The number of anilines is 2. The molecule has 0 fully saturated rings. The van der Waals surface area contributed by atoms with E-state index in [0.717, 1.165) is 22.7 Å². The molecule has 0 aliphatic carbocycles. The van der Waals surface area contributed by atoms with Gasteiger partial charge in [-0.05, 0) is 48.5 Å². The second kappa shape index (κ2) is 9.19. The fraction of sp³-hybridized carbons (Fsp3) is 0.148. The van der Waals surface area contributed by atoms with Gasteiger partial charge in [-0.2, -0.15) is 0 Å². The highest BCUT2D eigenvalue weighted by atomic mass is 32.2. The molecular formula is C27H24N4O2S. The first kappa shape index (κ1) is 22.0. The predicted octanol–water partition coefficient (Wildman–Crippen LogP) is 5.23. The van der Waals surface area contributed by atoms with Gasteiger partial charge < -0.3 is 14.8 Å². The van der Waals surface area contributed by atoms with Crippen LogP contribution >= 0.6 is 11.8 Å². The Kier molecular flexibility index (Phi) is 5.94. The molecule has 0 saturated heterocycles. The molecule has 1 aliphatic rings. The van der Waals surface area contributed by atoms with Gasteiger partial charge in [0, 0.05) is 72.2 Å². The normalized spacial score (nSPS) is 14.5. The number of thioether (sulfide) groups is 1. The highest BCUT2D eigenvalue weighted by molar-refractivity contribution is 7.99. The monoisotopic (exact) mass is 468 g/mol. The van der Waals surface area contributed by atoms with Gasteiger partial charge in [0.1, 0.15) is 5.37 Å². The van der Waals surface area contributed by atoms with Crippen LogP contribution in [0.3, 0.4) is 0 Å². The summed E-state index contributed by atoms with van der Waals surface area (Å²) in [6.07, 6.45) is 5.58. The largest absolute Gasteiger partial charge is 0.378 e. The number of fused-ring (bicyclic) bond motifs is 1. The van der Waals surface area contributed by atoms with E-state index in [1.807, 2.05) is 67.8 Å². The lowest BCUT2D eigenvalue weighted by Crippen LogP contribution is -2.14. The van der Waals surface area contributed by atoms with E-state index in [2.05, 4.69) is 20.9 Å². The maximum Gasteiger partial charge on any atom is 0.257 e. The van der Waals surface area contributed by atoms with Gasteiger partial charge in [-0.15, -0.1) is 11.8 Å². The van der Waals surface area contributed by atoms with E-state index in [4.69, 9.17) is 0 Å². The van der Waals surface area contributed by atoms with Crippen molar-refractivity contribution in [2.75, 3.05) is 24.3 Å². The van der Waals surface area contributed by atoms with Crippen molar-refractivity contribution in [2.24, 2.45) is 0 Å². The lowest BCUT2D eigenvalue weighted by molar-refractivity contribution is 0.102. The molecule has 34 heavy (non-hydrogen) atoms. The first-order valence-corrected chi connectivity index (χ1v) is 12.0. The van der Waals surface area contributed by atoms with Crippen molar-refractivity contribution in [3.63, 3.8) is 0 Å². The number of pyridine rings is 1. The van der Waals surface area contributed by atoms with Gasteiger partial charge in [-0.25, -0.2) is 0 Å². The quantitative estimate of drug-likeness (QED) is 0.393. The van der Waals surface area contributed by atoms with E-state index in [-0.39, 0.29) is 17.1 Å². The molecule has 2 aromatic heterocycles. The maximum atomic E-state index is 13.1. The van der Waals surface area contributed by atoms with Gasteiger partial charge in [0.25, 0.3) is 5.91 Å². The van der Waals surface area contributed by atoms with Gasteiger partial charge in [-0.3, -0.25) is 14.6 Å². The molecule has 2 aromatic carbocycles. The number of aromatic nitrogens is 2. The number of rotatable bonds is 6. The van der Waals surface area contributed by atoms with E-state index in [1.54, 1.807) is 42.2 Å². The lowest BCUT2D eigenvalue weighted by atomic mass is 10.0. The van der Waals surface area contributed by atoms with Crippen molar-refractivity contribution in [1.29, 1.82) is 0 Å². The summed E-state index contributed by atoms with van der Waals surface area (Å²) >= 11 is 1.77. The highest BCUT2D eigenvalue weighted by Gasteiger charge is 2.28. The van der Waals surface area contributed by atoms with E-state index in [1.165, 1.54) is 0 Å². The minimum absolute atomic E-state index is 0.0816. The average molecular weight is 469 g/mol. The van der Waals surface area contributed by atoms with Gasteiger partial charge in [0.2, 0.25) is 0 Å². The molecule has 0 radical (unpaired) electrons. The third-order valence-corrected chi connectivity index (χ3v) is 7.15. The van der Waals surface area contributed by atoms with Gasteiger partial charge in [0.05, 0.1) is 5.56 Å². The summed E-state index contributed by atoms with van der Waals surface area (Å²) in [4.78, 5) is 32.3. The van der Waals surface area contributed by atoms with Crippen molar-refractivity contribution in [2.45, 2.75) is 11.1 Å². The van der Waals surface area contributed by atoms with Crippen molar-refractivity contribution < 1.29 is 9.59 Å². The Morgan fingerprint density at radius 2 is 1.85 bits per heavy atom. The molecule has 1 amide bonds. The van der Waals surface area contributed by atoms with Gasteiger partial charge in [0.15, 0.2) is 5.78 Å². The van der Waals surface area contributed by atoms with E-state index < -0.39 is 0 Å². The van der Waals surface area contributed by atoms with Gasteiger partial charge in [-0.1, -0.05) is 18.2 Å². The molecule has 5 rings (SSSR count). The third kappa shape index (κ3) is 4.22. The summed E-state index contributed by atoms with van der Waals surface area (Å²) < 4.78 is 2.13. The zero-order chi connectivity index (χ0) is 23.7. The molecule has 1 unspecified atom stereocenters. The summed E-state index contributed by atoms with van der Waals surface area (Å²) in [7, 11) is 3.92. The fourth-order valence-corrected chi connectivity index (χ4v) is 5.40. The summed E-state index contributed by atoms with van der Waals surface area (Å²) in [6.45, 7) is 0. The Bertz CT molecular complexity index is 1350. The Morgan fingerprint density at radius 1 is 1.03 bits per heavy atom. The summed E-state index contributed by atoms with van der Waals surface area (Å²) in [5.74, 6) is 0.486. The molecule has 3 heterocycles. The standard InChI is InChI=1S/C27H24N4O2S/c1-30(2)22-10-8-18(9-11-22)25(32)19-5-3-7-21(15-19)29-26(33)23-12-14-31-24(23)17-34-27(31)20-6-4-13-28-16-20/h3-16,27H,17H2,1-2H3,(H,29,33). The Labute approximate surface area is 202 Å². The number of ketones is 1. The van der Waals surface area contributed by atoms with Crippen LogP contribution in [0.1, 0.15) is 42.9 Å². The third-order valence-electron chi connectivity index (χ3n) is 5.90. The minimum Gasteiger partial charge on any atom is -0.378 e. The average Bonchev–Trinajstić information content (AvgIpc) is 3.47. The molecule has 7 heteroatoms. The molecule has 0 saturated carbocycles. The minimum atomic E-state index is -0.180. The van der Waals surface area contributed by atoms with Crippen LogP contribution in [0.2, 0.25) is 0 Å². The molecule has 4 aromatic rings. The molecule has 170 valence electrons. The molecule has 1 N–H and O–H groups in total. The van der Waals surface area contributed by atoms with Crippen LogP contribution < -0.4 is 10.2 Å². The summed E-state index contributed by atoms with van der Waals surface area (Å²) in [6, 6.07) is 20.4. The van der Waals surface area contributed by atoms with Gasteiger partial charge >= 0.3 is 0 Å². The van der Waals surface area contributed by atoms with Crippen molar-refractivity contribution in [3.05, 3.63) is 113 Å². The molecule has 0 spiro atoms. The maximum absolute atomic E-state index is 13.1. The number of hydrogen-bond donors (Lipinski definition) is 1. The molecule has 0 bridgehead atoms. The Balaban J connectivity index is 1.33. The topological polar surface area (TPSA) is 67.2 Å². The Hall–Kier alpha value is -3.84. The number of carbonyl (C=O) groups is 2. The zero-order valence-electron chi connectivity index (χ0n) is 18.9. The van der Waals surface area contributed by atoms with Crippen molar-refractivity contribution in [1.82, 2.24) is 9.55 Å². The van der Waals surface area contributed by atoms with E-state index >= 15 is 0 Å². The van der Waals surface area contributed by atoms with Crippen LogP contribution in [-0.4, -0.2) is 35.3 Å². The molecular weight excluding hydrogens is 444 g/mol. The number of amides is 1. The zero-order valence-corrected chi connectivity index (χ0v) is 19.8. The summed E-state index contributed by atoms with van der Waals surface area (Å²) in [5.41, 5.74) is 5.51. The van der Waals surface area contributed by atoms with Crippen LogP contribution in [-0.2, 0) is 5.75 Å². The van der Waals surface area contributed by atoms with E-state index in [0.29, 0.717) is 22.4 Å². The SMILES string of the molecule is CN(C)c1ccc(C(=O)c2cccc(NC(=O)c3ccn4c3CSC4c3cccnc3)c2)cc1. The number of benzene rings is 2.